The third kappa shape index (κ3) is 3.54. The zero-order valence-corrected chi connectivity index (χ0v) is 11.7. The number of ketones is 1. The number of rotatable bonds is 5. The van der Waals surface area contributed by atoms with E-state index in [1.54, 1.807) is 11.3 Å². The van der Waals surface area contributed by atoms with Crippen LogP contribution in [-0.2, 0) is 6.42 Å². The van der Waals surface area contributed by atoms with Crippen LogP contribution in [0.4, 0.5) is 0 Å². The summed E-state index contributed by atoms with van der Waals surface area (Å²) in [5, 5.41) is 0. The molecule has 2 heteroatoms. The van der Waals surface area contributed by atoms with Crippen molar-refractivity contribution in [1.29, 1.82) is 0 Å². The van der Waals surface area contributed by atoms with E-state index in [1.165, 1.54) is 10.4 Å². The van der Waals surface area contributed by atoms with E-state index in [-0.39, 0.29) is 5.78 Å². The molecule has 0 saturated heterocycles. The van der Waals surface area contributed by atoms with Gasteiger partial charge in [-0.25, -0.2) is 0 Å². The molecule has 2 aromatic rings. The van der Waals surface area contributed by atoms with Gasteiger partial charge in [0.2, 0.25) is 0 Å². The zero-order valence-electron chi connectivity index (χ0n) is 10.8. The van der Waals surface area contributed by atoms with Crippen LogP contribution in [0.15, 0.2) is 42.5 Å². The van der Waals surface area contributed by atoms with Gasteiger partial charge in [-0.1, -0.05) is 44.2 Å². The average Bonchev–Trinajstić information content (AvgIpc) is 2.78. The molecular weight excluding hydrogens is 240 g/mol. The molecule has 94 valence electrons. The second-order valence-electron chi connectivity index (χ2n) is 4.95. The third-order valence-corrected chi connectivity index (χ3v) is 3.88. The van der Waals surface area contributed by atoms with Gasteiger partial charge in [-0.05, 0) is 23.6 Å². The maximum Gasteiger partial charge on any atom is 0.173 e. The molecule has 0 saturated carbocycles. The lowest BCUT2D eigenvalue weighted by molar-refractivity contribution is 0.0972. The van der Waals surface area contributed by atoms with Crippen LogP contribution in [0.3, 0.4) is 0 Å². The lowest BCUT2D eigenvalue weighted by Crippen LogP contribution is -2.00. The van der Waals surface area contributed by atoms with Gasteiger partial charge in [-0.3, -0.25) is 4.79 Å². The topological polar surface area (TPSA) is 17.1 Å². The highest BCUT2D eigenvalue weighted by Crippen LogP contribution is 2.22. The van der Waals surface area contributed by atoms with E-state index >= 15 is 0 Å². The van der Waals surface area contributed by atoms with Crippen molar-refractivity contribution in [2.75, 3.05) is 0 Å². The van der Waals surface area contributed by atoms with E-state index in [1.807, 2.05) is 24.3 Å². The maximum absolute atomic E-state index is 11.9. The predicted molar refractivity (Wildman–Crippen MR) is 77.4 cm³/mol. The van der Waals surface area contributed by atoms with Gasteiger partial charge >= 0.3 is 0 Å². The number of benzene rings is 1. The van der Waals surface area contributed by atoms with Gasteiger partial charge in [0.15, 0.2) is 5.78 Å². The van der Waals surface area contributed by atoms with E-state index < -0.39 is 0 Å². The molecule has 2 rings (SSSR count). The fourth-order valence-corrected chi connectivity index (χ4v) is 2.88. The summed E-state index contributed by atoms with van der Waals surface area (Å²) < 4.78 is 0. The Balaban J connectivity index is 2.04. The van der Waals surface area contributed by atoms with Crippen LogP contribution in [0.2, 0.25) is 0 Å². The quantitative estimate of drug-likeness (QED) is 0.718. The van der Waals surface area contributed by atoms with Crippen molar-refractivity contribution >= 4 is 17.1 Å². The Hall–Kier alpha value is -1.41. The van der Waals surface area contributed by atoms with Gasteiger partial charge in [0.1, 0.15) is 0 Å². The summed E-state index contributed by atoms with van der Waals surface area (Å²) in [6.45, 7) is 4.16. The molecule has 0 aliphatic rings. The van der Waals surface area contributed by atoms with Crippen LogP contribution in [-0.4, -0.2) is 5.78 Å². The highest BCUT2D eigenvalue weighted by atomic mass is 32.1. The van der Waals surface area contributed by atoms with Gasteiger partial charge in [0, 0.05) is 17.7 Å². The van der Waals surface area contributed by atoms with Crippen molar-refractivity contribution in [2.45, 2.75) is 26.7 Å². The van der Waals surface area contributed by atoms with E-state index in [9.17, 15) is 4.79 Å². The molecule has 0 spiro atoms. The Morgan fingerprint density at radius 1 is 1.11 bits per heavy atom. The van der Waals surface area contributed by atoms with Crippen molar-refractivity contribution in [3.05, 3.63) is 57.8 Å². The zero-order chi connectivity index (χ0) is 13.0. The first-order valence-corrected chi connectivity index (χ1v) is 7.12. The molecule has 1 aromatic carbocycles. The second kappa shape index (κ2) is 5.96. The fraction of sp³-hybridized carbons (Fsp3) is 0.312. The van der Waals surface area contributed by atoms with Crippen molar-refractivity contribution in [3.63, 3.8) is 0 Å². The molecule has 0 unspecified atom stereocenters. The van der Waals surface area contributed by atoms with E-state index in [0.29, 0.717) is 12.3 Å². The Bertz CT molecular complexity index is 511. The first-order valence-electron chi connectivity index (χ1n) is 6.31. The van der Waals surface area contributed by atoms with Crippen LogP contribution in [0.25, 0.3) is 0 Å². The summed E-state index contributed by atoms with van der Waals surface area (Å²) in [6, 6.07) is 14.4. The summed E-state index contributed by atoms with van der Waals surface area (Å²) >= 11 is 1.63. The normalized spacial score (nSPS) is 10.8. The predicted octanol–water partition coefficient (Wildman–Crippen LogP) is 4.57. The first-order chi connectivity index (χ1) is 8.65. The molecule has 0 fully saturated rings. The van der Waals surface area contributed by atoms with Crippen molar-refractivity contribution in [1.82, 2.24) is 0 Å². The minimum absolute atomic E-state index is 0.273. The lowest BCUT2D eigenvalue weighted by Gasteiger charge is -2.01. The van der Waals surface area contributed by atoms with Crippen LogP contribution in [0, 0.1) is 5.92 Å². The average molecular weight is 258 g/mol. The summed E-state index contributed by atoms with van der Waals surface area (Å²) in [6.07, 6.45) is 1.56. The number of Topliss-reactive ketones (excluding diaryl/α,β-unsaturated/α-hetero) is 1. The molecule has 1 aromatic heterocycles. The number of hydrogen-bond acceptors (Lipinski definition) is 2. The molecule has 0 radical (unpaired) electrons. The lowest BCUT2D eigenvalue weighted by atomic mass is 10.1. The Morgan fingerprint density at radius 3 is 2.50 bits per heavy atom. The van der Waals surface area contributed by atoms with Gasteiger partial charge in [0.25, 0.3) is 0 Å². The Labute approximate surface area is 112 Å². The maximum atomic E-state index is 11.9. The standard InChI is InChI=1S/C16H18OS/c1-12(2)10-15(17)16-9-8-14(18-16)11-13-6-4-3-5-7-13/h3-9,12H,10-11H2,1-2H3. The number of thiophene rings is 1. The highest BCUT2D eigenvalue weighted by Gasteiger charge is 2.11. The molecule has 0 aliphatic carbocycles. The third-order valence-electron chi connectivity index (χ3n) is 2.75. The van der Waals surface area contributed by atoms with Gasteiger partial charge in [0.05, 0.1) is 4.88 Å². The smallest absolute Gasteiger partial charge is 0.173 e. The van der Waals surface area contributed by atoms with Gasteiger partial charge in [-0.2, -0.15) is 0 Å². The number of hydrogen-bond donors (Lipinski definition) is 0. The fourth-order valence-electron chi connectivity index (χ4n) is 1.89. The minimum Gasteiger partial charge on any atom is -0.293 e. The van der Waals surface area contributed by atoms with Crippen LogP contribution >= 0.6 is 11.3 Å². The van der Waals surface area contributed by atoms with E-state index in [2.05, 4.69) is 32.0 Å². The van der Waals surface area contributed by atoms with Gasteiger partial charge in [-0.15, -0.1) is 11.3 Å². The van der Waals surface area contributed by atoms with Crippen molar-refractivity contribution in [3.8, 4) is 0 Å². The molecule has 0 aliphatic heterocycles. The van der Waals surface area contributed by atoms with Crippen LogP contribution in [0.1, 0.15) is 40.4 Å². The number of carbonyl (C=O) groups excluding carboxylic acids is 1. The SMILES string of the molecule is CC(C)CC(=O)c1ccc(Cc2ccccc2)s1. The second-order valence-corrected chi connectivity index (χ2v) is 6.12. The summed E-state index contributed by atoms with van der Waals surface area (Å²) in [4.78, 5) is 14.1. The molecule has 0 amide bonds. The molecule has 0 atom stereocenters. The molecule has 18 heavy (non-hydrogen) atoms. The molecule has 1 nitrogen and oxygen atoms in total. The number of carbonyl (C=O) groups is 1. The van der Waals surface area contributed by atoms with E-state index in [4.69, 9.17) is 0 Å². The monoisotopic (exact) mass is 258 g/mol. The van der Waals surface area contributed by atoms with E-state index in [0.717, 1.165) is 11.3 Å². The van der Waals surface area contributed by atoms with Gasteiger partial charge < -0.3 is 0 Å². The van der Waals surface area contributed by atoms with Crippen molar-refractivity contribution < 1.29 is 4.79 Å². The Morgan fingerprint density at radius 2 is 1.83 bits per heavy atom. The molecule has 0 bridgehead atoms. The summed E-state index contributed by atoms with van der Waals surface area (Å²) in [5.41, 5.74) is 1.29. The summed E-state index contributed by atoms with van der Waals surface area (Å²) in [5.74, 6) is 0.700. The van der Waals surface area contributed by atoms with Crippen molar-refractivity contribution in [2.24, 2.45) is 5.92 Å². The van der Waals surface area contributed by atoms with Crippen LogP contribution in [0.5, 0.6) is 0 Å². The highest BCUT2D eigenvalue weighted by molar-refractivity contribution is 7.14. The minimum atomic E-state index is 0.273. The summed E-state index contributed by atoms with van der Waals surface area (Å²) in [7, 11) is 0. The Kier molecular flexibility index (Phi) is 4.32. The first kappa shape index (κ1) is 13.0. The molecule has 0 N–H and O–H groups in total. The molecular formula is C16H18OS. The largest absolute Gasteiger partial charge is 0.293 e. The van der Waals surface area contributed by atoms with Crippen LogP contribution < -0.4 is 0 Å². The molecule has 1 heterocycles.